The molecular weight excluding hydrogens is 202 g/mol. The van der Waals surface area contributed by atoms with Gasteiger partial charge in [-0.15, -0.1) is 0 Å². The van der Waals surface area contributed by atoms with Crippen molar-refractivity contribution in [2.24, 2.45) is 0 Å². The second-order valence-electron chi connectivity index (χ2n) is 3.46. The zero-order chi connectivity index (χ0) is 11.5. The highest BCUT2D eigenvalue weighted by Crippen LogP contribution is 2.27. The summed E-state index contributed by atoms with van der Waals surface area (Å²) in [5, 5.41) is 21.0. The van der Waals surface area contributed by atoms with Crippen LogP contribution in [0.2, 0.25) is 0 Å². The van der Waals surface area contributed by atoms with E-state index in [1.54, 1.807) is 18.4 Å². The lowest BCUT2D eigenvalue weighted by atomic mass is 9.98. The van der Waals surface area contributed by atoms with Gasteiger partial charge in [-0.3, -0.25) is 0 Å². The fourth-order valence-electron chi connectivity index (χ4n) is 1.59. The first-order valence-corrected chi connectivity index (χ1v) is 4.80. The summed E-state index contributed by atoms with van der Waals surface area (Å²) in [7, 11) is 0. The summed E-state index contributed by atoms with van der Waals surface area (Å²) in [5.74, 6) is 0.618. The van der Waals surface area contributed by atoms with Crippen molar-refractivity contribution in [3.8, 4) is 12.1 Å². The molecule has 1 aliphatic rings. The summed E-state index contributed by atoms with van der Waals surface area (Å²) in [5.41, 5.74) is 2.54. The maximum atomic E-state index is 9.04. The molecule has 0 radical (unpaired) electrons. The van der Waals surface area contributed by atoms with E-state index in [9.17, 15) is 0 Å². The fourth-order valence-corrected chi connectivity index (χ4v) is 1.59. The van der Waals surface area contributed by atoms with Crippen LogP contribution in [-0.2, 0) is 0 Å². The monoisotopic (exact) mass is 211 g/mol. The quantitative estimate of drug-likeness (QED) is 0.773. The van der Waals surface area contributed by atoms with Crippen LogP contribution >= 0.6 is 0 Å². The van der Waals surface area contributed by atoms with E-state index in [1.165, 1.54) is 0 Å². The maximum Gasteiger partial charge on any atom is 0.151 e. The Bertz CT molecular complexity index is 550. The largest absolute Gasteiger partial charge is 0.463 e. The van der Waals surface area contributed by atoms with Crippen LogP contribution in [0.3, 0.4) is 0 Å². The van der Waals surface area contributed by atoms with E-state index in [2.05, 4.69) is 17.5 Å². The lowest BCUT2D eigenvalue weighted by Gasteiger charge is -2.18. The van der Waals surface area contributed by atoms with Crippen LogP contribution in [-0.4, -0.2) is 0 Å². The number of dihydropyridines is 1. The zero-order valence-electron chi connectivity index (χ0n) is 8.74. The molecule has 0 atom stereocenters. The van der Waals surface area contributed by atoms with Gasteiger partial charge in [0.1, 0.15) is 0 Å². The smallest absolute Gasteiger partial charge is 0.151 e. The number of furan rings is 1. The van der Waals surface area contributed by atoms with Crippen molar-refractivity contribution in [2.45, 2.75) is 13.3 Å². The van der Waals surface area contributed by atoms with Gasteiger partial charge in [-0.05, 0) is 19.1 Å². The normalized spacial score (nSPS) is 15.4. The molecule has 0 saturated heterocycles. The lowest BCUT2D eigenvalue weighted by molar-refractivity contribution is 0.547. The van der Waals surface area contributed by atoms with E-state index in [0.29, 0.717) is 29.0 Å². The van der Waals surface area contributed by atoms with Crippen molar-refractivity contribution in [2.75, 3.05) is 0 Å². The van der Waals surface area contributed by atoms with Crippen LogP contribution in [0.15, 0.2) is 39.7 Å². The Kier molecular flexibility index (Phi) is 2.49. The van der Waals surface area contributed by atoms with Crippen LogP contribution in [0.5, 0.6) is 0 Å². The SMILES string of the molecule is CC1=C(C#N)CC(C#N)=C(c2ccco2)N1. The minimum Gasteiger partial charge on any atom is -0.463 e. The van der Waals surface area contributed by atoms with E-state index < -0.39 is 0 Å². The first-order chi connectivity index (χ1) is 7.76. The number of nitriles is 2. The van der Waals surface area contributed by atoms with Gasteiger partial charge < -0.3 is 9.73 Å². The highest BCUT2D eigenvalue weighted by atomic mass is 16.3. The van der Waals surface area contributed by atoms with Crippen LogP contribution in [0, 0.1) is 22.7 Å². The first kappa shape index (κ1) is 10.1. The van der Waals surface area contributed by atoms with Gasteiger partial charge in [0.25, 0.3) is 0 Å². The molecule has 0 bridgehead atoms. The second-order valence-corrected chi connectivity index (χ2v) is 3.46. The summed E-state index contributed by atoms with van der Waals surface area (Å²) < 4.78 is 5.25. The lowest BCUT2D eigenvalue weighted by Crippen LogP contribution is -2.18. The number of nitrogens with zero attached hydrogens (tertiary/aromatic N) is 2. The molecule has 2 heterocycles. The molecule has 0 fully saturated rings. The highest BCUT2D eigenvalue weighted by Gasteiger charge is 2.20. The summed E-state index contributed by atoms with van der Waals surface area (Å²) in [4.78, 5) is 0. The molecule has 0 unspecified atom stereocenters. The van der Waals surface area contributed by atoms with Crippen LogP contribution < -0.4 is 5.32 Å². The standard InChI is InChI=1S/C12H9N3O/c1-8-9(6-13)5-10(7-14)12(15-8)11-3-2-4-16-11/h2-4,15H,5H2,1H3. The van der Waals surface area contributed by atoms with E-state index >= 15 is 0 Å². The molecule has 0 aliphatic carbocycles. The molecule has 4 nitrogen and oxygen atoms in total. The molecule has 78 valence electrons. The summed E-state index contributed by atoms with van der Waals surface area (Å²) in [6.45, 7) is 1.82. The molecule has 1 aliphatic heterocycles. The Morgan fingerprint density at radius 2 is 2.06 bits per heavy atom. The van der Waals surface area contributed by atoms with Crippen molar-refractivity contribution in [1.29, 1.82) is 10.5 Å². The van der Waals surface area contributed by atoms with Crippen LogP contribution in [0.1, 0.15) is 19.1 Å². The zero-order valence-corrected chi connectivity index (χ0v) is 8.74. The number of allylic oxidation sites excluding steroid dienone is 3. The highest BCUT2D eigenvalue weighted by molar-refractivity contribution is 5.71. The molecule has 2 rings (SSSR count). The Morgan fingerprint density at radius 1 is 1.31 bits per heavy atom. The summed E-state index contributed by atoms with van der Waals surface area (Å²) in [6.07, 6.45) is 1.92. The Morgan fingerprint density at radius 3 is 2.62 bits per heavy atom. The number of nitrogens with one attached hydrogen (secondary N) is 1. The second kappa shape index (κ2) is 3.96. The van der Waals surface area contributed by atoms with Gasteiger partial charge in [0.05, 0.1) is 35.2 Å². The molecule has 0 spiro atoms. The van der Waals surface area contributed by atoms with Gasteiger partial charge in [0.15, 0.2) is 5.76 Å². The number of rotatable bonds is 1. The van der Waals surface area contributed by atoms with Gasteiger partial charge >= 0.3 is 0 Å². The van der Waals surface area contributed by atoms with Crippen molar-refractivity contribution in [1.82, 2.24) is 5.32 Å². The molecule has 16 heavy (non-hydrogen) atoms. The number of hydrogen-bond acceptors (Lipinski definition) is 4. The maximum absolute atomic E-state index is 9.04. The van der Waals surface area contributed by atoms with E-state index in [1.807, 2.05) is 6.92 Å². The van der Waals surface area contributed by atoms with Gasteiger partial charge in [-0.1, -0.05) is 0 Å². The predicted octanol–water partition coefficient (Wildman–Crippen LogP) is 2.31. The van der Waals surface area contributed by atoms with Crippen molar-refractivity contribution in [3.63, 3.8) is 0 Å². The van der Waals surface area contributed by atoms with Crippen LogP contribution in [0.4, 0.5) is 0 Å². The van der Waals surface area contributed by atoms with Crippen molar-refractivity contribution >= 4 is 5.70 Å². The first-order valence-electron chi connectivity index (χ1n) is 4.80. The molecule has 1 N–H and O–H groups in total. The fraction of sp³-hybridized carbons (Fsp3) is 0.167. The molecule has 4 heteroatoms. The third-order valence-electron chi connectivity index (χ3n) is 2.46. The average molecular weight is 211 g/mol. The summed E-state index contributed by atoms with van der Waals surface area (Å²) >= 11 is 0. The van der Waals surface area contributed by atoms with E-state index in [0.717, 1.165) is 5.70 Å². The number of hydrogen-bond donors (Lipinski definition) is 1. The van der Waals surface area contributed by atoms with Crippen molar-refractivity contribution < 1.29 is 4.42 Å². The van der Waals surface area contributed by atoms with Crippen molar-refractivity contribution in [3.05, 3.63) is 41.0 Å². The Hall–Kier alpha value is -2.46. The van der Waals surface area contributed by atoms with E-state index in [-0.39, 0.29) is 0 Å². The summed E-state index contributed by atoms with van der Waals surface area (Å²) in [6, 6.07) is 7.73. The van der Waals surface area contributed by atoms with Crippen LogP contribution in [0.25, 0.3) is 5.70 Å². The van der Waals surface area contributed by atoms with Gasteiger partial charge in [0.2, 0.25) is 0 Å². The molecule has 0 amide bonds. The minimum absolute atomic E-state index is 0.363. The predicted molar refractivity (Wildman–Crippen MR) is 57.3 cm³/mol. The van der Waals surface area contributed by atoms with Gasteiger partial charge in [-0.25, -0.2) is 0 Å². The van der Waals surface area contributed by atoms with E-state index in [4.69, 9.17) is 14.9 Å². The van der Waals surface area contributed by atoms with Gasteiger partial charge in [-0.2, -0.15) is 10.5 Å². The molecular formula is C12H9N3O. The minimum atomic E-state index is 0.363. The molecule has 0 saturated carbocycles. The third-order valence-corrected chi connectivity index (χ3v) is 2.46. The topological polar surface area (TPSA) is 72.8 Å². The van der Waals surface area contributed by atoms with Gasteiger partial charge in [0, 0.05) is 12.1 Å². The average Bonchev–Trinajstić information content (AvgIpc) is 2.82. The Labute approximate surface area is 93.1 Å². The third kappa shape index (κ3) is 1.57. The Balaban J connectivity index is 2.44. The molecule has 1 aromatic heterocycles. The molecule has 1 aromatic rings. The molecule has 0 aromatic carbocycles.